The second-order valence-corrected chi connectivity index (χ2v) is 8.23. The molecule has 1 N–H and O–H groups in total. The number of aromatic amines is 1. The molecule has 3 aromatic carbocycles. The number of imidazole rings is 1. The zero-order chi connectivity index (χ0) is 23.2. The SMILES string of the molecule is FC(F)(F)c1ccc(Cl)cc1-c1ccc2c(Cc3nc(-c4ccccc4)c(Cl)[nH]3)noc2c1. The first-order chi connectivity index (χ1) is 15.8. The number of nitrogens with zero attached hydrogens (tertiary/aromatic N) is 2. The molecule has 0 aliphatic rings. The second kappa shape index (κ2) is 8.24. The minimum absolute atomic E-state index is 0.0276. The molecule has 0 aliphatic carbocycles. The Kier molecular flexibility index (Phi) is 5.38. The van der Waals surface area contributed by atoms with Gasteiger partial charge in [0.1, 0.15) is 16.7 Å². The van der Waals surface area contributed by atoms with E-state index in [1.54, 1.807) is 12.1 Å². The lowest BCUT2D eigenvalue weighted by atomic mass is 9.98. The topological polar surface area (TPSA) is 54.7 Å². The lowest BCUT2D eigenvalue weighted by molar-refractivity contribution is -0.137. The van der Waals surface area contributed by atoms with Crippen LogP contribution >= 0.6 is 23.2 Å². The minimum Gasteiger partial charge on any atom is -0.356 e. The van der Waals surface area contributed by atoms with Crippen LogP contribution in [0.4, 0.5) is 13.2 Å². The summed E-state index contributed by atoms with van der Waals surface area (Å²) in [5.74, 6) is 0.590. The summed E-state index contributed by atoms with van der Waals surface area (Å²) < 4.78 is 45.9. The highest BCUT2D eigenvalue weighted by Crippen LogP contribution is 2.39. The zero-order valence-electron chi connectivity index (χ0n) is 16.8. The minimum atomic E-state index is -4.52. The Hall–Kier alpha value is -3.29. The van der Waals surface area contributed by atoms with Crippen molar-refractivity contribution in [1.29, 1.82) is 0 Å². The van der Waals surface area contributed by atoms with Crippen LogP contribution < -0.4 is 0 Å². The van der Waals surface area contributed by atoms with Crippen LogP contribution in [0.3, 0.4) is 0 Å². The summed E-state index contributed by atoms with van der Waals surface area (Å²) in [6.45, 7) is 0. The number of alkyl halides is 3. The number of hydrogen-bond acceptors (Lipinski definition) is 3. The quantitative estimate of drug-likeness (QED) is 0.281. The predicted octanol–water partition coefficient (Wildman–Crippen LogP) is 7.80. The Morgan fingerprint density at radius 2 is 1.70 bits per heavy atom. The van der Waals surface area contributed by atoms with Crippen molar-refractivity contribution in [1.82, 2.24) is 15.1 Å². The van der Waals surface area contributed by atoms with Gasteiger partial charge in [-0.15, -0.1) is 0 Å². The molecular formula is C24H14Cl2F3N3O. The normalized spacial score (nSPS) is 11.9. The van der Waals surface area contributed by atoms with Crippen molar-refractivity contribution in [3.63, 3.8) is 0 Å². The van der Waals surface area contributed by atoms with Crippen LogP contribution in [0, 0.1) is 0 Å². The van der Waals surface area contributed by atoms with Crippen molar-refractivity contribution in [2.45, 2.75) is 12.6 Å². The van der Waals surface area contributed by atoms with Crippen LogP contribution in [0.25, 0.3) is 33.4 Å². The fraction of sp³-hybridized carbons (Fsp3) is 0.0833. The summed E-state index contributed by atoms with van der Waals surface area (Å²) >= 11 is 12.3. The number of benzene rings is 3. The highest BCUT2D eigenvalue weighted by atomic mass is 35.5. The third-order valence-corrected chi connectivity index (χ3v) is 5.74. The van der Waals surface area contributed by atoms with E-state index in [-0.39, 0.29) is 10.6 Å². The van der Waals surface area contributed by atoms with E-state index in [0.717, 1.165) is 11.6 Å². The number of H-pyrrole nitrogens is 1. The number of rotatable bonds is 4. The smallest absolute Gasteiger partial charge is 0.356 e. The highest BCUT2D eigenvalue weighted by Gasteiger charge is 2.33. The van der Waals surface area contributed by atoms with Crippen LogP contribution in [0.2, 0.25) is 10.2 Å². The lowest BCUT2D eigenvalue weighted by Crippen LogP contribution is -2.07. The van der Waals surface area contributed by atoms with Crippen LogP contribution in [0.15, 0.2) is 71.3 Å². The van der Waals surface area contributed by atoms with Gasteiger partial charge in [0.05, 0.1) is 17.7 Å². The van der Waals surface area contributed by atoms with Crippen LogP contribution in [0.5, 0.6) is 0 Å². The van der Waals surface area contributed by atoms with E-state index in [0.29, 0.717) is 45.3 Å². The number of hydrogen-bond donors (Lipinski definition) is 1. The average Bonchev–Trinajstić information content (AvgIpc) is 3.36. The van der Waals surface area contributed by atoms with Gasteiger partial charge in [-0.2, -0.15) is 13.2 Å². The second-order valence-electron chi connectivity index (χ2n) is 7.42. The molecule has 0 saturated carbocycles. The molecule has 0 atom stereocenters. The van der Waals surface area contributed by atoms with Crippen molar-refractivity contribution >= 4 is 34.2 Å². The van der Waals surface area contributed by atoms with Crippen molar-refractivity contribution in [2.75, 3.05) is 0 Å². The number of aromatic nitrogens is 3. The van der Waals surface area contributed by atoms with E-state index >= 15 is 0 Å². The van der Waals surface area contributed by atoms with E-state index in [2.05, 4.69) is 15.1 Å². The Morgan fingerprint density at radius 3 is 2.45 bits per heavy atom. The fourth-order valence-corrected chi connectivity index (χ4v) is 4.15. The number of fused-ring (bicyclic) bond motifs is 1. The van der Waals surface area contributed by atoms with Gasteiger partial charge >= 0.3 is 6.18 Å². The van der Waals surface area contributed by atoms with Gasteiger partial charge in [-0.25, -0.2) is 4.98 Å². The molecule has 0 fully saturated rings. The molecule has 0 spiro atoms. The molecule has 2 heterocycles. The van der Waals surface area contributed by atoms with Gasteiger partial charge in [0, 0.05) is 16.0 Å². The predicted molar refractivity (Wildman–Crippen MR) is 121 cm³/mol. The van der Waals surface area contributed by atoms with Crippen molar-refractivity contribution in [2.24, 2.45) is 0 Å². The summed E-state index contributed by atoms with van der Waals surface area (Å²) in [5.41, 5.74) is 1.97. The maximum atomic E-state index is 13.5. The molecule has 166 valence electrons. The number of nitrogens with one attached hydrogen (secondary N) is 1. The van der Waals surface area contributed by atoms with Crippen molar-refractivity contribution in [3.05, 3.63) is 94.0 Å². The lowest BCUT2D eigenvalue weighted by Gasteiger charge is -2.13. The largest absolute Gasteiger partial charge is 0.417 e. The Morgan fingerprint density at radius 1 is 0.909 bits per heavy atom. The van der Waals surface area contributed by atoms with E-state index in [4.69, 9.17) is 27.7 Å². The molecule has 4 nitrogen and oxygen atoms in total. The van der Waals surface area contributed by atoms with Crippen molar-refractivity contribution < 1.29 is 17.7 Å². The summed E-state index contributed by atoms with van der Waals surface area (Å²) in [4.78, 5) is 7.61. The van der Waals surface area contributed by atoms with Crippen LogP contribution in [-0.4, -0.2) is 15.1 Å². The molecule has 0 saturated heterocycles. The first-order valence-corrected chi connectivity index (χ1v) is 10.6. The third kappa shape index (κ3) is 4.21. The summed E-state index contributed by atoms with van der Waals surface area (Å²) in [5, 5.41) is 5.39. The van der Waals surface area contributed by atoms with E-state index in [1.807, 2.05) is 30.3 Å². The molecule has 0 unspecified atom stereocenters. The van der Waals surface area contributed by atoms with E-state index < -0.39 is 11.7 Å². The van der Waals surface area contributed by atoms with Gasteiger partial charge in [-0.3, -0.25) is 0 Å². The van der Waals surface area contributed by atoms with E-state index in [1.165, 1.54) is 18.2 Å². The molecule has 33 heavy (non-hydrogen) atoms. The Bertz CT molecular complexity index is 1460. The number of halogens is 5. The summed E-state index contributed by atoms with van der Waals surface area (Å²) in [6, 6.07) is 17.8. The first-order valence-electron chi connectivity index (χ1n) is 9.85. The summed E-state index contributed by atoms with van der Waals surface area (Å²) in [7, 11) is 0. The zero-order valence-corrected chi connectivity index (χ0v) is 18.3. The van der Waals surface area contributed by atoms with E-state index in [9.17, 15) is 13.2 Å². The Balaban J connectivity index is 1.49. The molecule has 9 heteroatoms. The molecule has 0 radical (unpaired) electrons. The molecular weight excluding hydrogens is 474 g/mol. The standard InChI is InChI=1S/C24H14Cl2F3N3O/c25-15-7-9-18(24(27,28)29)17(11-15)14-6-8-16-19(32-33-20(16)10-14)12-21-30-22(23(26)31-21)13-4-2-1-3-5-13/h1-11H,12H2,(H,30,31). The average molecular weight is 488 g/mol. The third-order valence-electron chi connectivity index (χ3n) is 5.24. The monoisotopic (exact) mass is 487 g/mol. The first kappa shape index (κ1) is 21.6. The Labute approximate surface area is 196 Å². The molecule has 0 amide bonds. The van der Waals surface area contributed by atoms with Gasteiger partial charge in [0.15, 0.2) is 5.58 Å². The van der Waals surface area contributed by atoms with Gasteiger partial charge in [0.25, 0.3) is 0 Å². The molecule has 5 aromatic rings. The highest BCUT2D eigenvalue weighted by molar-refractivity contribution is 6.32. The van der Waals surface area contributed by atoms with Gasteiger partial charge in [-0.05, 0) is 41.5 Å². The summed E-state index contributed by atoms with van der Waals surface area (Å²) in [6.07, 6.45) is -4.21. The van der Waals surface area contributed by atoms with Crippen LogP contribution in [0.1, 0.15) is 17.1 Å². The van der Waals surface area contributed by atoms with Crippen molar-refractivity contribution in [3.8, 4) is 22.4 Å². The van der Waals surface area contributed by atoms with Gasteiger partial charge in [0.2, 0.25) is 0 Å². The molecule has 2 aromatic heterocycles. The maximum absolute atomic E-state index is 13.5. The molecule has 5 rings (SSSR count). The maximum Gasteiger partial charge on any atom is 0.417 e. The fourth-order valence-electron chi connectivity index (χ4n) is 3.71. The van der Waals surface area contributed by atoms with Crippen LogP contribution in [-0.2, 0) is 12.6 Å². The van der Waals surface area contributed by atoms with Gasteiger partial charge < -0.3 is 9.51 Å². The molecule has 0 aliphatic heterocycles. The molecule has 0 bridgehead atoms. The van der Waals surface area contributed by atoms with Gasteiger partial charge in [-0.1, -0.05) is 64.8 Å².